The van der Waals surface area contributed by atoms with Gasteiger partial charge in [0.25, 0.3) is 6.18 Å². The molecule has 0 amide bonds. The Labute approximate surface area is 113 Å². The third kappa shape index (κ3) is 7.87. The van der Waals surface area contributed by atoms with Gasteiger partial charge in [-0.1, -0.05) is 0 Å². The molecule has 9 heteroatoms. The molecule has 0 aromatic rings. The van der Waals surface area contributed by atoms with Gasteiger partial charge in [0.2, 0.25) is 0 Å². The molecule has 0 aliphatic carbocycles. The Morgan fingerprint density at radius 1 is 1.00 bits per heavy atom. The first kappa shape index (κ1) is 22.8. The quantitative estimate of drug-likeness (QED) is 0.460. The van der Waals surface area contributed by atoms with E-state index in [1.807, 2.05) is 0 Å². The molecule has 0 fully saturated rings. The number of carboxylic acids is 1. The number of halogens is 6. The fraction of sp³-hybridized carbons (Fsp3) is 0.556. The van der Waals surface area contributed by atoms with Gasteiger partial charge in [0.15, 0.2) is 0 Å². The van der Waals surface area contributed by atoms with Crippen molar-refractivity contribution >= 4 is 5.97 Å². The summed E-state index contributed by atoms with van der Waals surface area (Å²) in [6.07, 6.45) is -10.5. The third-order valence-corrected chi connectivity index (χ3v) is 1.81. The van der Waals surface area contributed by atoms with Gasteiger partial charge in [-0.2, -0.15) is 26.0 Å². The summed E-state index contributed by atoms with van der Waals surface area (Å²) in [6, 6.07) is 0. The minimum Gasteiger partial charge on any atom is -0.481 e. The number of alkyl halides is 6. The van der Waals surface area contributed by atoms with E-state index in [1.54, 1.807) is 6.92 Å². The van der Waals surface area contributed by atoms with Crippen LogP contribution in [0.3, 0.4) is 0 Å². The molecule has 0 radical (unpaired) electrons. The van der Waals surface area contributed by atoms with Crippen LogP contribution in [-0.4, -0.2) is 23.4 Å². The van der Waals surface area contributed by atoms with Crippen molar-refractivity contribution in [3.05, 3.63) is 20.8 Å². The molecule has 0 aliphatic heterocycles. The first-order valence-corrected chi connectivity index (χ1v) is 4.12. The van der Waals surface area contributed by atoms with Crippen molar-refractivity contribution in [1.29, 1.82) is 0 Å². The maximum Gasteiger partial charge on any atom is 1.00 e. The standard InChI is InChI=1S/C7H9F3O2.C2H2F3.Li/c1-3-6(4-2,5(11)12)7(8,9)10;1-2(3,4)5;/h1-4H2,(H,11,12);1H2;/q-2;-1;+1. The molecule has 0 saturated carbocycles. The van der Waals surface area contributed by atoms with Gasteiger partial charge in [-0.05, 0) is 0 Å². The van der Waals surface area contributed by atoms with Gasteiger partial charge in [-0.3, -0.25) is 4.79 Å². The molecule has 2 nitrogen and oxygen atoms in total. The first-order valence-electron chi connectivity index (χ1n) is 4.12. The van der Waals surface area contributed by atoms with Crippen LogP contribution in [-0.2, 0) is 4.79 Å². The molecule has 0 saturated heterocycles. The predicted molar refractivity (Wildman–Crippen MR) is 47.5 cm³/mol. The molecule has 0 rings (SSSR count). The molecule has 0 aromatic heterocycles. The number of hydrogen-bond donors (Lipinski definition) is 1. The summed E-state index contributed by atoms with van der Waals surface area (Å²) in [5.41, 5.74) is -2.78. The molecule has 0 unspecified atom stereocenters. The molecule has 0 spiro atoms. The second-order valence-corrected chi connectivity index (χ2v) is 3.00. The fourth-order valence-corrected chi connectivity index (χ4v) is 0.744. The summed E-state index contributed by atoms with van der Waals surface area (Å²) in [7, 11) is 0. The average molecular weight is 272 g/mol. The Morgan fingerprint density at radius 2 is 1.22 bits per heavy atom. The van der Waals surface area contributed by atoms with E-state index in [1.165, 1.54) is 0 Å². The van der Waals surface area contributed by atoms with Gasteiger partial charge in [0, 0.05) is 0 Å². The van der Waals surface area contributed by atoms with Gasteiger partial charge in [-0.25, -0.2) is 20.1 Å². The van der Waals surface area contributed by atoms with E-state index in [0.29, 0.717) is 0 Å². The maximum atomic E-state index is 12.2. The topological polar surface area (TPSA) is 37.3 Å². The fourth-order valence-electron chi connectivity index (χ4n) is 0.744. The molecule has 104 valence electrons. The second-order valence-electron chi connectivity index (χ2n) is 3.00. The van der Waals surface area contributed by atoms with Crippen LogP contribution >= 0.6 is 0 Å². The van der Waals surface area contributed by atoms with Gasteiger partial charge in [-0.15, -0.1) is 0 Å². The van der Waals surface area contributed by atoms with Crippen molar-refractivity contribution in [2.75, 3.05) is 0 Å². The minimum atomic E-state index is -4.79. The number of carbonyl (C=O) groups is 1. The van der Waals surface area contributed by atoms with E-state index in [0.717, 1.165) is 0 Å². The van der Waals surface area contributed by atoms with Crippen LogP contribution < -0.4 is 18.9 Å². The van der Waals surface area contributed by atoms with Crippen molar-refractivity contribution in [3.8, 4) is 0 Å². The molecular formula is C9H11F6LiO2-2. The van der Waals surface area contributed by atoms with E-state index < -0.39 is 36.6 Å². The van der Waals surface area contributed by atoms with E-state index >= 15 is 0 Å². The van der Waals surface area contributed by atoms with E-state index in [4.69, 9.17) is 5.11 Å². The number of hydrogen-bond acceptors (Lipinski definition) is 1. The van der Waals surface area contributed by atoms with Gasteiger partial charge in [0.05, 0.1) is 0 Å². The molecule has 0 atom stereocenters. The molecule has 0 aliphatic rings. The van der Waals surface area contributed by atoms with Crippen molar-refractivity contribution < 1.29 is 55.1 Å². The summed E-state index contributed by atoms with van der Waals surface area (Å²) in [5.74, 6) is -1.92. The SMILES string of the molecule is [CH2-]C(F)(F)F.[CH2-]CC(C[CH2-])(C(=O)O)C(F)(F)F.[Li+]. The molecule has 1 N–H and O–H groups in total. The average Bonchev–Trinajstić information content (AvgIpc) is 2.00. The second kappa shape index (κ2) is 7.95. The maximum absolute atomic E-state index is 12.2. The number of aliphatic carboxylic acids is 1. The summed E-state index contributed by atoms with van der Waals surface area (Å²) >= 11 is 0. The van der Waals surface area contributed by atoms with E-state index in [-0.39, 0.29) is 18.9 Å². The third-order valence-electron chi connectivity index (χ3n) is 1.81. The van der Waals surface area contributed by atoms with Crippen LogP contribution in [0.25, 0.3) is 0 Å². The normalized spacial score (nSPS) is 12.1. The largest absolute Gasteiger partial charge is 1.00 e. The van der Waals surface area contributed by atoms with E-state index in [9.17, 15) is 31.1 Å². The zero-order valence-electron chi connectivity index (χ0n) is 9.66. The number of carboxylic acid groups (broad SMARTS) is 1. The van der Waals surface area contributed by atoms with Crippen LogP contribution in [0, 0.1) is 26.2 Å². The summed E-state index contributed by atoms with van der Waals surface area (Å²) in [4.78, 5) is 10.3. The Morgan fingerprint density at radius 3 is 1.22 bits per heavy atom. The van der Waals surface area contributed by atoms with Crippen LogP contribution in [0.15, 0.2) is 0 Å². The monoisotopic (exact) mass is 272 g/mol. The molecular weight excluding hydrogens is 261 g/mol. The van der Waals surface area contributed by atoms with Crippen LogP contribution in [0.1, 0.15) is 12.8 Å². The van der Waals surface area contributed by atoms with Gasteiger partial charge < -0.3 is 19.0 Å². The first-order chi connectivity index (χ1) is 7.31. The summed E-state index contributed by atoms with van der Waals surface area (Å²) in [5, 5.41) is 8.36. The van der Waals surface area contributed by atoms with Crippen molar-refractivity contribution in [3.63, 3.8) is 0 Å². The van der Waals surface area contributed by atoms with Gasteiger partial charge in [0.1, 0.15) is 5.41 Å². The van der Waals surface area contributed by atoms with Crippen molar-refractivity contribution in [2.24, 2.45) is 5.41 Å². The Balaban J connectivity index is -0.000000321. The van der Waals surface area contributed by atoms with Crippen LogP contribution in [0.5, 0.6) is 0 Å². The molecule has 0 bridgehead atoms. The van der Waals surface area contributed by atoms with E-state index in [2.05, 4.69) is 13.8 Å². The van der Waals surface area contributed by atoms with Crippen LogP contribution in [0.4, 0.5) is 26.3 Å². The van der Waals surface area contributed by atoms with Crippen molar-refractivity contribution in [2.45, 2.75) is 25.2 Å². The predicted octanol–water partition coefficient (Wildman–Crippen LogP) is 0.455. The summed E-state index contributed by atoms with van der Waals surface area (Å²) < 4.78 is 67.2. The van der Waals surface area contributed by atoms with Gasteiger partial charge >= 0.3 is 31.0 Å². The smallest absolute Gasteiger partial charge is 0.481 e. The zero-order valence-corrected chi connectivity index (χ0v) is 9.66. The summed E-state index contributed by atoms with van der Waals surface area (Å²) in [6.45, 7) is 7.72. The van der Waals surface area contributed by atoms with Crippen LogP contribution in [0.2, 0.25) is 0 Å². The molecule has 0 aromatic carbocycles. The zero-order chi connectivity index (χ0) is 14.5. The molecule has 18 heavy (non-hydrogen) atoms. The minimum absolute atomic E-state index is 0. The Kier molecular flexibility index (Phi) is 10.1. The molecule has 0 heterocycles. The Bertz CT molecular complexity index is 238. The van der Waals surface area contributed by atoms with Crippen molar-refractivity contribution in [1.82, 2.24) is 0 Å². The Hall–Kier alpha value is -0.353. The number of rotatable bonds is 3.